The van der Waals surface area contributed by atoms with Crippen LogP contribution in [0, 0.1) is 5.92 Å². The molecule has 1 aliphatic rings. The molecule has 0 radical (unpaired) electrons. The van der Waals surface area contributed by atoms with Gasteiger partial charge in [0.05, 0.1) is 4.99 Å². The monoisotopic (exact) mass is 283 g/mol. The smallest absolute Gasteiger partial charge is 0.393 e. The van der Waals surface area contributed by atoms with Crippen LogP contribution in [0.15, 0.2) is 0 Å². The first-order valence-corrected chi connectivity index (χ1v) is 6.37. The van der Waals surface area contributed by atoms with Crippen LogP contribution in [0.3, 0.4) is 0 Å². The molecular formula is C11H20F3N3S. The number of rotatable bonds is 4. The third-order valence-electron chi connectivity index (χ3n) is 3.47. The van der Waals surface area contributed by atoms with E-state index in [9.17, 15) is 13.2 Å². The van der Waals surface area contributed by atoms with Gasteiger partial charge in [0.1, 0.15) is 5.92 Å². The molecule has 1 heterocycles. The molecule has 0 bridgehead atoms. The number of hydrogen-bond donors (Lipinski definition) is 1. The number of likely N-dealkylation sites (tertiary alicyclic amines) is 1. The molecule has 1 rings (SSSR count). The lowest BCUT2D eigenvalue weighted by Crippen LogP contribution is -2.48. The Morgan fingerprint density at radius 1 is 1.39 bits per heavy atom. The maximum Gasteiger partial charge on any atom is 0.399 e. The molecule has 0 aromatic heterocycles. The molecule has 0 aromatic rings. The SMILES string of the molecule is CN(C)C1CCN(CC(C(N)=S)C(F)(F)F)CC1. The highest BCUT2D eigenvalue weighted by Crippen LogP contribution is 2.28. The molecule has 18 heavy (non-hydrogen) atoms. The van der Waals surface area contributed by atoms with Gasteiger partial charge in [0, 0.05) is 12.6 Å². The maximum absolute atomic E-state index is 12.7. The molecule has 1 aliphatic heterocycles. The highest BCUT2D eigenvalue weighted by molar-refractivity contribution is 7.80. The van der Waals surface area contributed by atoms with Crippen molar-refractivity contribution in [2.24, 2.45) is 11.7 Å². The fourth-order valence-corrected chi connectivity index (χ4v) is 2.44. The molecule has 1 saturated heterocycles. The van der Waals surface area contributed by atoms with Gasteiger partial charge in [-0.15, -0.1) is 0 Å². The summed E-state index contributed by atoms with van der Waals surface area (Å²) in [5, 5.41) is 0. The van der Waals surface area contributed by atoms with E-state index in [0.29, 0.717) is 19.1 Å². The van der Waals surface area contributed by atoms with Gasteiger partial charge in [-0.25, -0.2) is 0 Å². The van der Waals surface area contributed by atoms with E-state index in [1.807, 2.05) is 14.1 Å². The molecule has 2 N–H and O–H groups in total. The van der Waals surface area contributed by atoms with Gasteiger partial charge in [-0.2, -0.15) is 13.2 Å². The minimum atomic E-state index is -4.34. The number of halogens is 3. The number of nitrogens with two attached hydrogens (primary N) is 1. The van der Waals surface area contributed by atoms with E-state index < -0.39 is 17.1 Å². The van der Waals surface area contributed by atoms with Crippen molar-refractivity contribution in [3.8, 4) is 0 Å². The Morgan fingerprint density at radius 3 is 2.22 bits per heavy atom. The van der Waals surface area contributed by atoms with Crippen molar-refractivity contribution in [1.82, 2.24) is 9.80 Å². The third kappa shape index (κ3) is 4.37. The predicted octanol–water partition coefficient (Wildman–Crippen LogP) is 1.48. The molecule has 0 saturated carbocycles. The second-order valence-electron chi connectivity index (χ2n) is 4.99. The van der Waals surface area contributed by atoms with Crippen molar-refractivity contribution in [1.29, 1.82) is 0 Å². The molecule has 1 atom stereocenters. The highest BCUT2D eigenvalue weighted by atomic mass is 32.1. The molecule has 0 aromatic carbocycles. The molecule has 1 unspecified atom stereocenters. The summed E-state index contributed by atoms with van der Waals surface area (Å²) in [4.78, 5) is 3.46. The standard InChI is InChI=1S/C11H20F3N3S/c1-16(2)8-3-5-17(6-4-8)7-9(10(15)18)11(12,13)14/h8-9H,3-7H2,1-2H3,(H2,15,18). The Labute approximate surface area is 111 Å². The Balaban J connectivity index is 2.51. The summed E-state index contributed by atoms with van der Waals surface area (Å²) in [5.74, 6) is -1.69. The number of alkyl halides is 3. The van der Waals surface area contributed by atoms with Gasteiger partial charge in [0.25, 0.3) is 0 Å². The van der Waals surface area contributed by atoms with Crippen molar-refractivity contribution in [3.05, 3.63) is 0 Å². The van der Waals surface area contributed by atoms with E-state index in [2.05, 4.69) is 17.1 Å². The molecule has 7 heteroatoms. The van der Waals surface area contributed by atoms with Crippen molar-refractivity contribution < 1.29 is 13.2 Å². The van der Waals surface area contributed by atoms with Crippen molar-refractivity contribution in [2.75, 3.05) is 33.7 Å². The van der Waals surface area contributed by atoms with Gasteiger partial charge in [-0.3, -0.25) is 0 Å². The quantitative estimate of drug-likeness (QED) is 0.792. The van der Waals surface area contributed by atoms with Crippen LogP contribution in [0.25, 0.3) is 0 Å². The van der Waals surface area contributed by atoms with Gasteiger partial charge in [0.2, 0.25) is 0 Å². The number of nitrogens with zero attached hydrogens (tertiary/aromatic N) is 2. The fraction of sp³-hybridized carbons (Fsp3) is 0.909. The van der Waals surface area contributed by atoms with Gasteiger partial charge < -0.3 is 15.5 Å². The third-order valence-corrected chi connectivity index (χ3v) is 3.75. The minimum absolute atomic E-state index is 0.112. The van der Waals surface area contributed by atoms with Gasteiger partial charge in [-0.05, 0) is 40.0 Å². The topological polar surface area (TPSA) is 32.5 Å². The predicted molar refractivity (Wildman–Crippen MR) is 69.5 cm³/mol. The summed E-state index contributed by atoms with van der Waals surface area (Å²) >= 11 is 4.52. The Kier molecular flexibility index (Phi) is 5.36. The molecule has 0 aliphatic carbocycles. The summed E-state index contributed by atoms with van der Waals surface area (Å²) in [6, 6.07) is 0.454. The zero-order chi connectivity index (χ0) is 13.9. The average Bonchev–Trinajstić information content (AvgIpc) is 2.24. The van der Waals surface area contributed by atoms with Crippen LogP contribution in [-0.4, -0.2) is 60.7 Å². The highest BCUT2D eigenvalue weighted by Gasteiger charge is 2.42. The van der Waals surface area contributed by atoms with E-state index in [4.69, 9.17) is 5.73 Å². The van der Waals surface area contributed by atoms with E-state index in [1.165, 1.54) is 0 Å². The summed E-state index contributed by atoms with van der Waals surface area (Å²) < 4.78 is 38.2. The van der Waals surface area contributed by atoms with Crippen LogP contribution >= 0.6 is 12.2 Å². The molecular weight excluding hydrogens is 263 g/mol. The van der Waals surface area contributed by atoms with Crippen LogP contribution in [-0.2, 0) is 0 Å². The molecule has 1 fully saturated rings. The van der Waals surface area contributed by atoms with Gasteiger partial charge in [-0.1, -0.05) is 12.2 Å². The first-order chi connectivity index (χ1) is 8.21. The largest absolute Gasteiger partial charge is 0.399 e. The second kappa shape index (κ2) is 6.16. The van der Waals surface area contributed by atoms with Crippen molar-refractivity contribution in [2.45, 2.75) is 25.1 Å². The summed E-state index contributed by atoms with van der Waals surface area (Å²) in [5.41, 5.74) is 5.19. The van der Waals surface area contributed by atoms with Crippen LogP contribution in [0.2, 0.25) is 0 Å². The van der Waals surface area contributed by atoms with Crippen LogP contribution in [0.4, 0.5) is 13.2 Å². The number of thiocarbonyl (C=S) groups is 1. The first kappa shape index (κ1) is 15.7. The average molecular weight is 283 g/mol. The minimum Gasteiger partial charge on any atom is -0.393 e. The van der Waals surface area contributed by atoms with E-state index >= 15 is 0 Å². The Hall–Kier alpha value is -0.400. The summed E-state index contributed by atoms with van der Waals surface area (Å²) in [6.45, 7) is 1.22. The molecule has 0 spiro atoms. The van der Waals surface area contributed by atoms with Gasteiger partial charge >= 0.3 is 6.18 Å². The normalized spacial score (nSPS) is 21.2. The maximum atomic E-state index is 12.7. The van der Waals surface area contributed by atoms with Crippen LogP contribution in [0.1, 0.15) is 12.8 Å². The Morgan fingerprint density at radius 2 is 1.89 bits per heavy atom. The molecule has 106 valence electrons. The Bertz CT molecular complexity index is 286. The summed E-state index contributed by atoms with van der Waals surface area (Å²) in [7, 11) is 3.99. The molecule has 0 amide bonds. The van der Waals surface area contributed by atoms with Gasteiger partial charge in [0.15, 0.2) is 0 Å². The lowest BCUT2D eigenvalue weighted by Gasteiger charge is -2.36. The van der Waals surface area contributed by atoms with Crippen LogP contribution in [0.5, 0.6) is 0 Å². The van der Waals surface area contributed by atoms with E-state index in [1.54, 1.807) is 4.90 Å². The van der Waals surface area contributed by atoms with E-state index in [0.717, 1.165) is 12.8 Å². The van der Waals surface area contributed by atoms with Crippen molar-refractivity contribution in [3.63, 3.8) is 0 Å². The second-order valence-corrected chi connectivity index (χ2v) is 5.46. The lowest BCUT2D eigenvalue weighted by molar-refractivity contribution is -0.160. The number of piperidine rings is 1. The summed E-state index contributed by atoms with van der Waals surface area (Å²) in [6.07, 6.45) is -2.58. The molecule has 3 nitrogen and oxygen atoms in total. The van der Waals surface area contributed by atoms with Crippen molar-refractivity contribution >= 4 is 17.2 Å². The number of hydrogen-bond acceptors (Lipinski definition) is 3. The van der Waals surface area contributed by atoms with E-state index in [-0.39, 0.29) is 6.54 Å². The zero-order valence-corrected chi connectivity index (χ0v) is 11.5. The lowest BCUT2D eigenvalue weighted by atomic mass is 10.0. The zero-order valence-electron chi connectivity index (χ0n) is 10.7. The fourth-order valence-electron chi connectivity index (χ4n) is 2.23. The first-order valence-electron chi connectivity index (χ1n) is 5.96. The van der Waals surface area contributed by atoms with Crippen LogP contribution < -0.4 is 5.73 Å².